The molecule has 1 aliphatic heterocycles. The highest BCUT2D eigenvalue weighted by Gasteiger charge is 2.45. The quantitative estimate of drug-likeness (QED) is 0.741. The lowest BCUT2D eigenvalue weighted by atomic mass is 10.2. The molecular formula is C11H20N2O4. The number of rotatable bonds is 1. The first-order chi connectivity index (χ1) is 7.53. The summed E-state index contributed by atoms with van der Waals surface area (Å²) in [7, 11) is 0. The van der Waals surface area contributed by atoms with Gasteiger partial charge in [-0.2, -0.15) is 0 Å². The zero-order chi connectivity index (χ0) is 13.4. The van der Waals surface area contributed by atoms with E-state index in [1.807, 2.05) is 0 Å². The molecule has 2 amide bonds. The molecule has 1 aliphatic rings. The predicted octanol–water partition coefficient (Wildman–Crippen LogP) is 0.844. The average Bonchev–Trinajstić information content (AvgIpc) is 2.38. The lowest BCUT2D eigenvalue weighted by molar-refractivity contribution is -0.134. The highest BCUT2D eigenvalue weighted by molar-refractivity contribution is 5.81. The lowest BCUT2D eigenvalue weighted by Gasteiger charge is -2.31. The van der Waals surface area contributed by atoms with Gasteiger partial charge in [-0.05, 0) is 34.6 Å². The van der Waals surface area contributed by atoms with Gasteiger partial charge in [-0.1, -0.05) is 0 Å². The van der Waals surface area contributed by atoms with E-state index < -0.39 is 29.4 Å². The third kappa shape index (κ3) is 3.33. The Hall–Kier alpha value is -1.30. The second kappa shape index (κ2) is 4.18. The largest absolute Gasteiger partial charge is 0.444 e. The summed E-state index contributed by atoms with van der Waals surface area (Å²) in [6.07, 6.45) is -1.29. The minimum atomic E-state index is -0.887. The molecule has 2 N–H and O–H groups in total. The Labute approximate surface area is 101 Å². The molecule has 0 aromatic heterocycles. The van der Waals surface area contributed by atoms with Crippen LogP contribution >= 0.6 is 0 Å². The summed E-state index contributed by atoms with van der Waals surface area (Å²) >= 11 is 0. The van der Waals surface area contributed by atoms with Crippen LogP contribution in [-0.4, -0.2) is 40.9 Å². The van der Waals surface area contributed by atoms with Crippen molar-refractivity contribution >= 4 is 12.0 Å². The summed E-state index contributed by atoms with van der Waals surface area (Å²) in [4.78, 5) is 24.3. The number of nitrogens with two attached hydrogens (primary N) is 1. The Kier molecular flexibility index (Phi) is 3.38. The number of hydrogen-bond donors (Lipinski definition) is 1. The third-order valence-electron chi connectivity index (χ3n) is 2.36. The third-order valence-corrected chi connectivity index (χ3v) is 2.36. The first-order valence-corrected chi connectivity index (χ1v) is 5.51. The van der Waals surface area contributed by atoms with E-state index in [4.69, 9.17) is 15.2 Å². The molecule has 98 valence electrons. The fourth-order valence-corrected chi connectivity index (χ4v) is 1.59. The molecule has 1 rings (SSSR count). The predicted molar refractivity (Wildman–Crippen MR) is 61.1 cm³/mol. The van der Waals surface area contributed by atoms with Gasteiger partial charge in [0.05, 0.1) is 6.54 Å². The Balaban J connectivity index is 2.77. The molecule has 0 aliphatic carbocycles. The molecule has 0 saturated carbocycles. The van der Waals surface area contributed by atoms with Crippen LogP contribution in [0.3, 0.4) is 0 Å². The number of carbonyl (C=O) groups excluding carboxylic acids is 2. The normalized spacial score (nSPS) is 23.6. The van der Waals surface area contributed by atoms with Crippen LogP contribution in [0.5, 0.6) is 0 Å². The maximum absolute atomic E-state index is 11.9. The number of ether oxygens (including phenoxy) is 2. The van der Waals surface area contributed by atoms with Gasteiger partial charge in [-0.3, -0.25) is 9.69 Å². The van der Waals surface area contributed by atoms with Crippen molar-refractivity contribution in [3.63, 3.8) is 0 Å². The Bertz CT molecular complexity index is 333. The first-order valence-electron chi connectivity index (χ1n) is 5.51. The molecule has 0 radical (unpaired) electrons. The van der Waals surface area contributed by atoms with E-state index >= 15 is 0 Å². The van der Waals surface area contributed by atoms with Crippen LogP contribution in [0.1, 0.15) is 34.6 Å². The topological polar surface area (TPSA) is 81.9 Å². The van der Waals surface area contributed by atoms with E-state index in [-0.39, 0.29) is 6.54 Å². The molecule has 1 heterocycles. The van der Waals surface area contributed by atoms with Crippen LogP contribution in [0, 0.1) is 0 Å². The second-order valence-electron chi connectivity index (χ2n) is 5.55. The fourth-order valence-electron chi connectivity index (χ4n) is 1.59. The van der Waals surface area contributed by atoms with Crippen molar-refractivity contribution in [3.05, 3.63) is 0 Å². The van der Waals surface area contributed by atoms with Gasteiger partial charge in [0, 0.05) is 0 Å². The van der Waals surface area contributed by atoms with E-state index in [0.29, 0.717) is 0 Å². The van der Waals surface area contributed by atoms with Crippen LogP contribution in [0.4, 0.5) is 4.79 Å². The molecule has 1 atom stereocenters. The Morgan fingerprint density at radius 1 is 1.41 bits per heavy atom. The summed E-state index contributed by atoms with van der Waals surface area (Å²) in [6, 6.07) is 0. The van der Waals surface area contributed by atoms with Crippen molar-refractivity contribution in [2.75, 3.05) is 6.54 Å². The number of primary amides is 1. The Morgan fingerprint density at radius 2 is 1.94 bits per heavy atom. The maximum atomic E-state index is 11.9. The lowest BCUT2D eigenvalue weighted by Crippen LogP contribution is -2.46. The second-order valence-corrected chi connectivity index (χ2v) is 5.55. The van der Waals surface area contributed by atoms with Crippen LogP contribution in [0.25, 0.3) is 0 Å². The van der Waals surface area contributed by atoms with Gasteiger partial charge in [-0.15, -0.1) is 0 Å². The van der Waals surface area contributed by atoms with E-state index in [9.17, 15) is 9.59 Å². The standard InChI is InChI=1S/C11H20N2O4/c1-10(2,3)17-9(15)13-6-7(8(12)14)16-11(13,4)5/h7H,6H2,1-5H3,(H2,12,14). The maximum Gasteiger partial charge on any atom is 0.412 e. The van der Waals surface area contributed by atoms with Crippen molar-refractivity contribution in [2.24, 2.45) is 5.73 Å². The van der Waals surface area contributed by atoms with Crippen LogP contribution in [0.2, 0.25) is 0 Å². The van der Waals surface area contributed by atoms with Crippen LogP contribution < -0.4 is 5.73 Å². The molecule has 17 heavy (non-hydrogen) atoms. The molecule has 0 spiro atoms. The van der Waals surface area contributed by atoms with Gasteiger partial charge in [0.1, 0.15) is 11.3 Å². The molecule has 0 bridgehead atoms. The number of nitrogens with zero attached hydrogens (tertiary/aromatic N) is 1. The van der Waals surface area contributed by atoms with Gasteiger partial charge >= 0.3 is 6.09 Å². The molecule has 6 heteroatoms. The smallest absolute Gasteiger partial charge is 0.412 e. The van der Waals surface area contributed by atoms with Crippen molar-refractivity contribution in [2.45, 2.75) is 52.0 Å². The highest BCUT2D eigenvalue weighted by Crippen LogP contribution is 2.28. The van der Waals surface area contributed by atoms with Gasteiger partial charge in [0.2, 0.25) is 5.91 Å². The van der Waals surface area contributed by atoms with Crippen molar-refractivity contribution in [1.82, 2.24) is 4.90 Å². The molecule has 1 unspecified atom stereocenters. The van der Waals surface area contributed by atoms with E-state index in [0.717, 1.165) is 0 Å². The SMILES string of the molecule is CC(C)(C)OC(=O)N1CC(C(N)=O)OC1(C)C. The fraction of sp³-hybridized carbons (Fsp3) is 0.818. The summed E-state index contributed by atoms with van der Waals surface area (Å²) in [5, 5.41) is 0. The van der Waals surface area contributed by atoms with Crippen molar-refractivity contribution < 1.29 is 19.1 Å². The summed E-state index contributed by atoms with van der Waals surface area (Å²) < 4.78 is 10.6. The molecule has 0 aromatic rings. The molecular weight excluding hydrogens is 224 g/mol. The zero-order valence-corrected chi connectivity index (χ0v) is 10.9. The van der Waals surface area contributed by atoms with Gasteiger partial charge in [-0.25, -0.2) is 4.79 Å². The van der Waals surface area contributed by atoms with Gasteiger partial charge in [0.25, 0.3) is 0 Å². The van der Waals surface area contributed by atoms with Gasteiger partial charge < -0.3 is 15.2 Å². The van der Waals surface area contributed by atoms with Gasteiger partial charge in [0.15, 0.2) is 6.10 Å². The molecule has 0 aromatic carbocycles. The number of hydrogen-bond acceptors (Lipinski definition) is 4. The minimum Gasteiger partial charge on any atom is -0.444 e. The summed E-state index contributed by atoms with van der Waals surface area (Å²) in [6.45, 7) is 8.85. The van der Waals surface area contributed by atoms with Crippen molar-refractivity contribution in [1.29, 1.82) is 0 Å². The summed E-state index contributed by atoms with van der Waals surface area (Å²) in [5.41, 5.74) is 3.69. The highest BCUT2D eigenvalue weighted by atomic mass is 16.6. The zero-order valence-electron chi connectivity index (χ0n) is 10.9. The first kappa shape index (κ1) is 13.8. The monoisotopic (exact) mass is 244 g/mol. The van der Waals surface area contributed by atoms with Crippen molar-refractivity contribution in [3.8, 4) is 0 Å². The van der Waals surface area contributed by atoms with Crippen LogP contribution in [-0.2, 0) is 14.3 Å². The number of carbonyl (C=O) groups is 2. The number of amides is 2. The van der Waals surface area contributed by atoms with E-state index in [1.165, 1.54) is 4.90 Å². The molecule has 6 nitrogen and oxygen atoms in total. The molecule has 1 saturated heterocycles. The van der Waals surface area contributed by atoms with E-state index in [2.05, 4.69) is 0 Å². The van der Waals surface area contributed by atoms with Crippen LogP contribution in [0.15, 0.2) is 0 Å². The minimum absolute atomic E-state index is 0.122. The Morgan fingerprint density at radius 3 is 2.29 bits per heavy atom. The molecule has 1 fully saturated rings. The van der Waals surface area contributed by atoms with E-state index in [1.54, 1.807) is 34.6 Å². The summed E-state index contributed by atoms with van der Waals surface area (Å²) in [5.74, 6) is -0.580. The average molecular weight is 244 g/mol.